The van der Waals surface area contributed by atoms with Crippen molar-refractivity contribution in [3.05, 3.63) is 58.3 Å². The molecular weight excluding hydrogens is 271 g/mol. The van der Waals surface area contributed by atoms with Gasteiger partial charge < -0.3 is 5.32 Å². The van der Waals surface area contributed by atoms with Crippen molar-refractivity contribution in [2.75, 3.05) is 5.32 Å². The van der Waals surface area contributed by atoms with Gasteiger partial charge in [-0.05, 0) is 23.8 Å². The largest absolute Gasteiger partial charge is 0.326 e. The molecule has 1 heterocycles. The summed E-state index contributed by atoms with van der Waals surface area (Å²) in [6, 6.07) is 10.5. The first kappa shape index (κ1) is 12.9. The van der Waals surface area contributed by atoms with E-state index in [9.17, 15) is 4.79 Å². The maximum atomic E-state index is 11.8. The fourth-order valence-corrected chi connectivity index (χ4v) is 1.88. The summed E-state index contributed by atoms with van der Waals surface area (Å²) in [7, 11) is 0. The minimum Gasteiger partial charge on any atom is -0.326 e. The fraction of sp³-hybridized carbons (Fsp3) is 0.0769. The Morgan fingerprint density at radius 2 is 2.00 bits per heavy atom. The maximum Gasteiger partial charge on any atom is 0.228 e. The molecule has 92 valence electrons. The standard InChI is InChI=1S/C13H10Cl2N2O/c14-11-4-2-1-3-9(11)7-13(18)17-10-5-6-16-12(15)8-10/h1-6,8H,7H2,(H,16,17,18). The van der Waals surface area contributed by atoms with E-state index in [1.54, 1.807) is 18.2 Å². The van der Waals surface area contributed by atoms with E-state index in [1.807, 2.05) is 18.2 Å². The van der Waals surface area contributed by atoms with E-state index in [0.717, 1.165) is 5.56 Å². The van der Waals surface area contributed by atoms with Crippen LogP contribution in [0, 0.1) is 0 Å². The molecule has 2 aromatic rings. The van der Waals surface area contributed by atoms with Gasteiger partial charge in [-0.1, -0.05) is 41.4 Å². The minimum atomic E-state index is -0.148. The van der Waals surface area contributed by atoms with E-state index in [1.165, 1.54) is 6.20 Å². The highest BCUT2D eigenvalue weighted by Gasteiger charge is 2.07. The van der Waals surface area contributed by atoms with Crippen LogP contribution < -0.4 is 5.32 Å². The molecule has 3 nitrogen and oxygen atoms in total. The summed E-state index contributed by atoms with van der Waals surface area (Å²) < 4.78 is 0. The molecule has 1 aromatic carbocycles. The molecule has 0 bridgehead atoms. The number of nitrogens with zero attached hydrogens (tertiary/aromatic N) is 1. The number of hydrogen-bond donors (Lipinski definition) is 1. The smallest absolute Gasteiger partial charge is 0.228 e. The first-order valence-corrected chi connectivity index (χ1v) is 6.05. The summed E-state index contributed by atoms with van der Waals surface area (Å²) in [6.07, 6.45) is 1.76. The van der Waals surface area contributed by atoms with Gasteiger partial charge in [0.2, 0.25) is 5.91 Å². The van der Waals surface area contributed by atoms with E-state index in [4.69, 9.17) is 23.2 Å². The van der Waals surface area contributed by atoms with Crippen LogP contribution in [0.25, 0.3) is 0 Å². The molecule has 0 aliphatic heterocycles. The number of halogens is 2. The average molecular weight is 281 g/mol. The fourth-order valence-electron chi connectivity index (χ4n) is 1.50. The third-order valence-electron chi connectivity index (χ3n) is 2.32. The third-order valence-corrected chi connectivity index (χ3v) is 2.89. The van der Waals surface area contributed by atoms with Gasteiger partial charge in [0.1, 0.15) is 5.15 Å². The molecule has 1 aromatic heterocycles. The molecule has 0 saturated heterocycles. The van der Waals surface area contributed by atoms with Gasteiger partial charge in [-0.3, -0.25) is 4.79 Å². The highest BCUT2D eigenvalue weighted by molar-refractivity contribution is 6.31. The second kappa shape index (κ2) is 5.85. The van der Waals surface area contributed by atoms with Crippen molar-refractivity contribution in [3.8, 4) is 0 Å². The lowest BCUT2D eigenvalue weighted by Gasteiger charge is -2.06. The number of rotatable bonds is 3. The van der Waals surface area contributed by atoms with Crippen molar-refractivity contribution < 1.29 is 4.79 Å². The SMILES string of the molecule is O=C(Cc1ccccc1Cl)Nc1ccnc(Cl)c1. The number of nitrogens with one attached hydrogen (secondary N) is 1. The summed E-state index contributed by atoms with van der Waals surface area (Å²) in [5.74, 6) is -0.148. The number of carbonyl (C=O) groups is 1. The second-order valence-corrected chi connectivity index (χ2v) is 4.48. The Hall–Kier alpha value is -1.58. The molecule has 0 saturated carbocycles. The number of carbonyl (C=O) groups excluding carboxylic acids is 1. The third kappa shape index (κ3) is 3.45. The molecule has 0 aliphatic rings. The van der Waals surface area contributed by atoms with E-state index in [2.05, 4.69) is 10.3 Å². The number of hydrogen-bond acceptors (Lipinski definition) is 2. The zero-order chi connectivity index (χ0) is 13.0. The molecule has 1 amide bonds. The molecule has 0 spiro atoms. The normalized spacial score (nSPS) is 10.1. The van der Waals surface area contributed by atoms with Gasteiger partial charge in [0.05, 0.1) is 6.42 Å². The van der Waals surface area contributed by atoms with Crippen LogP contribution in [0.4, 0.5) is 5.69 Å². The average Bonchev–Trinajstić information content (AvgIpc) is 2.32. The van der Waals surface area contributed by atoms with Crippen molar-refractivity contribution >= 4 is 34.8 Å². The Labute approximate surface area is 115 Å². The lowest BCUT2D eigenvalue weighted by molar-refractivity contribution is -0.115. The number of aromatic nitrogens is 1. The molecule has 0 atom stereocenters. The van der Waals surface area contributed by atoms with Gasteiger partial charge in [0.15, 0.2) is 0 Å². The van der Waals surface area contributed by atoms with Gasteiger partial charge in [0.25, 0.3) is 0 Å². The summed E-state index contributed by atoms with van der Waals surface area (Å²) >= 11 is 11.7. The van der Waals surface area contributed by atoms with Crippen molar-refractivity contribution in [1.29, 1.82) is 0 Å². The van der Waals surface area contributed by atoms with Crippen molar-refractivity contribution in [3.63, 3.8) is 0 Å². The highest BCUT2D eigenvalue weighted by Crippen LogP contribution is 2.17. The molecule has 0 radical (unpaired) electrons. The van der Waals surface area contributed by atoms with E-state index in [-0.39, 0.29) is 12.3 Å². The Bertz CT molecular complexity index is 572. The predicted molar refractivity (Wildman–Crippen MR) is 73.0 cm³/mol. The Balaban J connectivity index is 2.03. The molecule has 2 rings (SSSR count). The van der Waals surface area contributed by atoms with Crippen molar-refractivity contribution in [2.45, 2.75) is 6.42 Å². The van der Waals surface area contributed by atoms with Gasteiger partial charge in [-0.25, -0.2) is 4.98 Å². The highest BCUT2D eigenvalue weighted by atomic mass is 35.5. The number of benzene rings is 1. The molecule has 0 unspecified atom stereocenters. The van der Waals surface area contributed by atoms with Crippen LogP contribution in [0.3, 0.4) is 0 Å². The first-order valence-electron chi connectivity index (χ1n) is 5.30. The minimum absolute atomic E-state index is 0.148. The zero-order valence-corrected chi connectivity index (χ0v) is 10.9. The molecule has 5 heteroatoms. The van der Waals surface area contributed by atoms with Gasteiger partial charge in [0, 0.05) is 16.9 Å². The summed E-state index contributed by atoms with van der Waals surface area (Å²) in [5, 5.41) is 3.66. The van der Waals surface area contributed by atoms with E-state index >= 15 is 0 Å². The summed E-state index contributed by atoms with van der Waals surface area (Å²) in [5.41, 5.74) is 1.41. The van der Waals surface area contributed by atoms with Crippen LogP contribution in [0.15, 0.2) is 42.6 Å². The topological polar surface area (TPSA) is 42.0 Å². The quantitative estimate of drug-likeness (QED) is 0.874. The Kier molecular flexibility index (Phi) is 4.18. The number of pyridine rings is 1. The summed E-state index contributed by atoms with van der Waals surface area (Å²) in [6.45, 7) is 0. The van der Waals surface area contributed by atoms with E-state index < -0.39 is 0 Å². The zero-order valence-electron chi connectivity index (χ0n) is 9.36. The predicted octanol–water partition coefficient (Wildman–Crippen LogP) is 3.57. The van der Waals surface area contributed by atoms with Gasteiger partial charge in [-0.15, -0.1) is 0 Å². The Morgan fingerprint density at radius 3 is 2.72 bits per heavy atom. The molecule has 18 heavy (non-hydrogen) atoms. The lowest BCUT2D eigenvalue weighted by atomic mass is 10.1. The van der Waals surface area contributed by atoms with Crippen LogP contribution in [0.1, 0.15) is 5.56 Å². The van der Waals surface area contributed by atoms with Crippen molar-refractivity contribution in [2.24, 2.45) is 0 Å². The number of anilines is 1. The molecular formula is C13H10Cl2N2O. The van der Waals surface area contributed by atoms with Crippen LogP contribution in [-0.2, 0) is 11.2 Å². The van der Waals surface area contributed by atoms with Crippen molar-refractivity contribution in [1.82, 2.24) is 4.98 Å². The monoisotopic (exact) mass is 280 g/mol. The lowest BCUT2D eigenvalue weighted by Crippen LogP contribution is -2.14. The van der Waals surface area contributed by atoms with Crippen LogP contribution in [0.5, 0.6) is 0 Å². The van der Waals surface area contributed by atoms with Crippen LogP contribution >= 0.6 is 23.2 Å². The first-order chi connectivity index (χ1) is 8.65. The van der Waals surface area contributed by atoms with Gasteiger partial charge in [-0.2, -0.15) is 0 Å². The second-order valence-electron chi connectivity index (χ2n) is 3.68. The van der Waals surface area contributed by atoms with Crippen LogP contribution in [0.2, 0.25) is 10.2 Å². The van der Waals surface area contributed by atoms with Gasteiger partial charge >= 0.3 is 0 Å². The molecule has 0 aliphatic carbocycles. The summed E-state index contributed by atoms with van der Waals surface area (Å²) in [4.78, 5) is 15.7. The number of amides is 1. The van der Waals surface area contributed by atoms with E-state index in [0.29, 0.717) is 15.9 Å². The van der Waals surface area contributed by atoms with Crippen LogP contribution in [-0.4, -0.2) is 10.9 Å². The molecule has 0 fully saturated rings. The maximum absolute atomic E-state index is 11.8. The Morgan fingerprint density at radius 1 is 1.22 bits per heavy atom. The molecule has 1 N–H and O–H groups in total.